The Balaban J connectivity index is 2.20. The van der Waals surface area contributed by atoms with Crippen LogP contribution in [0.4, 0.5) is 0 Å². The number of carbonyl (C=O) groups is 2. The number of terminal acetylenes is 1. The third kappa shape index (κ3) is 4.10. The molecule has 0 aliphatic carbocycles. The van der Waals surface area contributed by atoms with Gasteiger partial charge in [-0.3, -0.25) is 4.79 Å². The minimum Gasteiger partial charge on any atom is -0.467 e. The van der Waals surface area contributed by atoms with Crippen LogP contribution in [0.5, 0.6) is 0 Å². The van der Waals surface area contributed by atoms with Crippen LogP contribution in [0.15, 0.2) is 42.5 Å². The first kappa shape index (κ1) is 16.6. The Morgan fingerprint density at radius 3 is 2.70 bits per heavy atom. The fraction of sp³-hybridized carbons (Fsp3) is 0.263. The standard InChI is InChI=1S/C19H19NO3/c1-3-4-5-13-17(19(22)23-2)20-18(21)16-12-8-10-14-9-6-7-11-15(14)16/h1,6-12,17H,4-5,13H2,2H3,(H,20,21)/t17-/m1/s1. The highest BCUT2D eigenvalue weighted by atomic mass is 16.5. The Hall–Kier alpha value is -2.80. The Labute approximate surface area is 135 Å². The molecule has 0 spiro atoms. The van der Waals surface area contributed by atoms with E-state index >= 15 is 0 Å². The number of carbonyl (C=O) groups excluding carboxylic acids is 2. The normalized spacial score (nSPS) is 11.5. The van der Waals surface area contributed by atoms with E-state index in [1.807, 2.05) is 36.4 Å². The Bertz CT molecular complexity index is 740. The van der Waals surface area contributed by atoms with E-state index in [1.165, 1.54) is 7.11 Å². The van der Waals surface area contributed by atoms with E-state index in [9.17, 15) is 9.59 Å². The predicted octanol–water partition coefficient (Wildman–Crippen LogP) is 2.91. The number of hydrogen-bond acceptors (Lipinski definition) is 3. The molecule has 1 atom stereocenters. The zero-order valence-electron chi connectivity index (χ0n) is 13.0. The molecular formula is C19H19NO3. The number of esters is 1. The first-order valence-electron chi connectivity index (χ1n) is 7.47. The number of unbranched alkanes of at least 4 members (excludes halogenated alkanes) is 1. The molecule has 0 fully saturated rings. The molecule has 0 heterocycles. The largest absolute Gasteiger partial charge is 0.467 e. The van der Waals surface area contributed by atoms with Crippen molar-refractivity contribution in [2.45, 2.75) is 25.3 Å². The van der Waals surface area contributed by atoms with Crippen LogP contribution >= 0.6 is 0 Å². The van der Waals surface area contributed by atoms with Crippen molar-refractivity contribution in [2.75, 3.05) is 7.11 Å². The third-order valence-corrected chi connectivity index (χ3v) is 3.64. The van der Waals surface area contributed by atoms with Gasteiger partial charge in [0.25, 0.3) is 5.91 Å². The molecule has 0 saturated heterocycles. The summed E-state index contributed by atoms with van der Waals surface area (Å²) >= 11 is 0. The van der Waals surface area contributed by atoms with Gasteiger partial charge in [-0.05, 0) is 29.7 Å². The first-order valence-corrected chi connectivity index (χ1v) is 7.47. The summed E-state index contributed by atoms with van der Waals surface area (Å²) in [6.07, 6.45) is 6.87. The molecule has 0 aromatic heterocycles. The van der Waals surface area contributed by atoms with Crippen LogP contribution < -0.4 is 5.32 Å². The highest BCUT2D eigenvalue weighted by Crippen LogP contribution is 2.18. The molecule has 0 unspecified atom stereocenters. The van der Waals surface area contributed by atoms with Gasteiger partial charge >= 0.3 is 5.97 Å². The number of amides is 1. The summed E-state index contributed by atoms with van der Waals surface area (Å²) in [7, 11) is 1.31. The van der Waals surface area contributed by atoms with Crippen LogP contribution in [0.3, 0.4) is 0 Å². The lowest BCUT2D eigenvalue weighted by Crippen LogP contribution is -2.41. The van der Waals surface area contributed by atoms with Crippen molar-refractivity contribution < 1.29 is 14.3 Å². The number of methoxy groups -OCH3 is 1. The fourth-order valence-electron chi connectivity index (χ4n) is 2.46. The summed E-state index contributed by atoms with van der Waals surface area (Å²) < 4.78 is 4.76. The number of benzene rings is 2. The molecule has 2 aromatic rings. The number of fused-ring (bicyclic) bond motifs is 1. The predicted molar refractivity (Wildman–Crippen MR) is 89.9 cm³/mol. The lowest BCUT2D eigenvalue weighted by atomic mass is 10.0. The highest BCUT2D eigenvalue weighted by molar-refractivity contribution is 6.07. The van der Waals surface area contributed by atoms with E-state index < -0.39 is 12.0 Å². The molecule has 2 rings (SSSR count). The molecule has 1 amide bonds. The second-order valence-electron chi connectivity index (χ2n) is 5.17. The highest BCUT2D eigenvalue weighted by Gasteiger charge is 2.22. The molecule has 0 aliphatic heterocycles. The maximum absolute atomic E-state index is 12.6. The van der Waals surface area contributed by atoms with Crippen molar-refractivity contribution in [3.05, 3.63) is 48.0 Å². The minimum atomic E-state index is -0.695. The first-order chi connectivity index (χ1) is 11.2. The molecule has 0 aliphatic rings. The number of hydrogen-bond donors (Lipinski definition) is 1. The van der Waals surface area contributed by atoms with E-state index in [4.69, 9.17) is 11.2 Å². The molecule has 23 heavy (non-hydrogen) atoms. The lowest BCUT2D eigenvalue weighted by molar-refractivity contribution is -0.143. The number of ether oxygens (including phenoxy) is 1. The molecule has 118 valence electrons. The zero-order valence-corrected chi connectivity index (χ0v) is 13.0. The SMILES string of the molecule is C#CCCC[C@@H](NC(=O)c1cccc2ccccc12)C(=O)OC. The average molecular weight is 309 g/mol. The maximum Gasteiger partial charge on any atom is 0.328 e. The van der Waals surface area contributed by atoms with Crippen LogP contribution in [-0.2, 0) is 9.53 Å². The van der Waals surface area contributed by atoms with E-state index in [0.717, 1.165) is 10.8 Å². The Morgan fingerprint density at radius 2 is 1.96 bits per heavy atom. The molecule has 4 heteroatoms. The van der Waals surface area contributed by atoms with Crippen LogP contribution in [0.25, 0.3) is 10.8 Å². The third-order valence-electron chi connectivity index (χ3n) is 3.64. The van der Waals surface area contributed by atoms with Crippen molar-refractivity contribution >= 4 is 22.6 Å². The summed E-state index contributed by atoms with van der Waals surface area (Å²) in [5.74, 6) is 1.77. The van der Waals surface area contributed by atoms with Gasteiger partial charge in [0.2, 0.25) is 0 Å². The van der Waals surface area contributed by atoms with Gasteiger partial charge in [0.1, 0.15) is 6.04 Å². The summed E-state index contributed by atoms with van der Waals surface area (Å²) in [4.78, 5) is 24.4. The summed E-state index contributed by atoms with van der Waals surface area (Å²) in [6.45, 7) is 0. The Kier molecular flexibility index (Phi) is 5.76. The van der Waals surface area contributed by atoms with Gasteiger partial charge in [0, 0.05) is 12.0 Å². The van der Waals surface area contributed by atoms with Crippen molar-refractivity contribution in [1.29, 1.82) is 0 Å². The van der Waals surface area contributed by atoms with Crippen molar-refractivity contribution in [3.8, 4) is 12.3 Å². The van der Waals surface area contributed by atoms with Crippen LogP contribution in [0.2, 0.25) is 0 Å². The van der Waals surface area contributed by atoms with Gasteiger partial charge in [-0.15, -0.1) is 12.3 Å². The minimum absolute atomic E-state index is 0.294. The van der Waals surface area contributed by atoms with E-state index in [-0.39, 0.29) is 5.91 Å². The van der Waals surface area contributed by atoms with Gasteiger partial charge in [-0.25, -0.2) is 4.79 Å². The number of nitrogens with one attached hydrogen (secondary N) is 1. The van der Waals surface area contributed by atoms with E-state index in [0.29, 0.717) is 24.8 Å². The van der Waals surface area contributed by atoms with Crippen LogP contribution in [0.1, 0.15) is 29.6 Å². The molecule has 2 aromatic carbocycles. The molecule has 0 saturated carbocycles. The summed E-state index contributed by atoms with van der Waals surface area (Å²) in [5.41, 5.74) is 0.536. The molecule has 1 N–H and O–H groups in total. The molecule has 4 nitrogen and oxygen atoms in total. The lowest BCUT2D eigenvalue weighted by Gasteiger charge is -2.16. The average Bonchev–Trinajstić information content (AvgIpc) is 2.59. The zero-order chi connectivity index (χ0) is 16.7. The van der Waals surface area contributed by atoms with Crippen molar-refractivity contribution in [3.63, 3.8) is 0 Å². The van der Waals surface area contributed by atoms with Gasteiger partial charge < -0.3 is 10.1 Å². The smallest absolute Gasteiger partial charge is 0.328 e. The van der Waals surface area contributed by atoms with Gasteiger partial charge in [0.05, 0.1) is 7.11 Å². The number of rotatable bonds is 6. The van der Waals surface area contributed by atoms with Gasteiger partial charge in [-0.2, -0.15) is 0 Å². The Morgan fingerprint density at radius 1 is 1.22 bits per heavy atom. The second kappa shape index (κ2) is 8.00. The fourth-order valence-corrected chi connectivity index (χ4v) is 2.46. The van der Waals surface area contributed by atoms with Crippen LogP contribution in [0, 0.1) is 12.3 Å². The molecular weight excluding hydrogens is 290 g/mol. The van der Waals surface area contributed by atoms with E-state index in [1.54, 1.807) is 6.07 Å². The van der Waals surface area contributed by atoms with Crippen molar-refractivity contribution in [1.82, 2.24) is 5.32 Å². The molecule has 0 bridgehead atoms. The van der Waals surface area contributed by atoms with Crippen LogP contribution in [-0.4, -0.2) is 25.0 Å². The topological polar surface area (TPSA) is 55.4 Å². The summed E-state index contributed by atoms with van der Waals surface area (Å²) in [6, 6.07) is 12.4. The maximum atomic E-state index is 12.6. The second-order valence-corrected chi connectivity index (χ2v) is 5.17. The monoisotopic (exact) mass is 309 g/mol. The summed E-state index contributed by atoms with van der Waals surface area (Å²) in [5, 5.41) is 4.57. The van der Waals surface area contributed by atoms with Crippen molar-refractivity contribution in [2.24, 2.45) is 0 Å². The van der Waals surface area contributed by atoms with Gasteiger partial charge in [0.15, 0.2) is 0 Å². The quantitative estimate of drug-likeness (QED) is 0.507. The van der Waals surface area contributed by atoms with Gasteiger partial charge in [-0.1, -0.05) is 36.4 Å². The van der Waals surface area contributed by atoms with E-state index in [2.05, 4.69) is 11.2 Å². The molecule has 0 radical (unpaired) electrons.